The molecule has 0 atom stereocenters. The zero-order valence-electron chi connectivity index (χ0n) is 11.4. The number of nitrogens with one attached hydrogen (secondary N) is 2. The number of methoxy groups -OCH3 is 1. The van der Waals surface area contributed by atoms with E-state index in [-0.39, 0.29) is 5.60 Å². The first kappa shape index (κ1) is 16.3. The highest BCUT2D eigenvalue weighted by Gasteiger charge is 2.16. The van der Waals surface area contributed by atoms with E-state index >= 15 is 0 Å². The van der Waals surface area contributed by atoms with Crippen LogP contribution in [-0.2, 0) is 4.74 Å². The first-order valence-corrected chi connectivity index (χ1v) is 6.89. The summed E-state index contributed by atoms with van der Waals surface area (Å²) in [5.74, 6) is 2.85. The van der Waals surface area contributed by atoms with Crippen molar-refractivity contribution < 1.29 is 4.74 Å². The summed E-state index contributed by atoms with van der Waals surface area (Å²) in [6.07, 6.45) is 1.92. The molecule has 0 aliphatic rings. The molecule has 0 aromatic rings. The molecule has 0 rings (SSSR count). The minimum atomic E-state index is -0.185. The second-order valence-corrected chi connectivity index (χ2v) is 5.33. The molecule has 0 aromatic carbocycles. The fraction of sp³-hybridized carbons (Fsp3) is 0.750. The number of ether oxygens (including phenoxy) is 1. The predicted molar refractivity (Wildman–Crippen MR) is 78.0 cm³/mol. The largest absolute Gasteiger partial charge is 0.377 e. The number of guanidine groups is 1. The van der Waals surface area contributed by atoms with Gasteiger partial charge in [-0.25, -0.2) is 0 Å². The van der Waals surface area contributed by atoms with Gasteiger partial charge in [-0.3, -0.25) is 4.99 Å². The van der Waals surface area contributed by atoms with Crippen LogP contribution in [0, 0.1) is 0 Å². The summed E-state index contributed by atoms with van der Waals surface area (Å²) in [7, 11) is 3.48. The smallest absolute Gasteiger partial charge is 0.191 e. The van der Waals surface area contributed by atoms with E-state index < -0.39 is 0 Å². The molecule has 4 nitrogen and oxygen atoms in total. The van der Waals surface area contributed by atoms with E-state index in [9.17, 15) is 0 Å². The number of hydrogen-bond acceptors (Lipinski definition) is 3. The number of hydrogen-bond donors (Lipinski definition) is 2. The van der Waals surface area contributed by atoms with Crippen LogP contribution in [0.5, 0.6) is 0 Å². The monoisotopic (exact) mass is 259 g/mol. The van der Waals surface area contributed by atoms with Crippen LogP contribution in [0.4, 0.5) is 0 Å². The molecular formula is C12H25N3OS. The molecule has 0 radical (unpaired) electrons. The average molecular weight is 259 g/mol. The molecule has 5 heteroatoms. The number of aliphatic imine (C=N–C) groups is 1. The van der Waals surface area contributed by atoms with Crippen LogP contribution in [0.1, 0.15) is 13.8 Å². The van der Waals surface area contributed by atoms with Crippen molar-refractivity contribution in [3.63, 3.8) is 0 Å². The molecular weight excluding hydrogens is 234 g/mol. The van der Waals surface area contributed by atoms with Crippen molar-refractivity contribution in [1.82, 2.24) is 10.6 Å². The maximum absolute atomic E-state index is 5.33. The third-order valence-corrected chi connectivity index (χ3v) is 3.20. The fourth-order valence-electron chi connectivity index (χ4n) is 0.998. The molecule has 0 unspecified atom stereocenters. The molecule has 0 spiro atoms. The highest BCUT2D eigenvalue weighted by Crippen LogP contribution is 2.04. The third kappa shape index (κ3) is 9.06. The van der Waals surface area contributed by atoms with Gasteiger partial charge in [0.05, 0.1) is 5.60 Å². The lowest BCUT2D eigenvalue weighted by Crippen LogP contribution is -2.45. The van der Waals surface area contributed by atoms with Crippen LogP contribution in [0.15, 0.2) is 17.6 Å². The zero-order valence-corrected chi connectivity index (χ0v) is 12.2. The van der Waals surface area contributed by atoms with Gasteiger partial charge in [0.15, 0.2) is 5.96 Å². The molecule has 0 aliphatic heterocycles. The van der Waals surface area contributed by atoms with Crippen molar-refractivity contribution >= 4 is 17.7 Å². The lowest BCUT2D eigenvalue weighted by molar-refractivity contribution is 0.0268. The molecule has 0 aromatic heterocycles. The minimum absolute atomic E-state index is 0.185. The number of thioether (sulfide) groups is 1. The van der Waals surface area contributed by atoms with Gasteiger partial charge >= 0.3 is 0 Å². The molecule has 0 heterocycles. The topological polar surface area (TPSA) is 45.7 Å². The van der Waals surface area contributed by atoms with Crippen molar-refractivity contribution in [1.29, 1.82) is 0 Å². The number of rotatable bonds is 8. The summed E-state index contributed by atoms with van der Waals surface area (Å²) in [6.45, 7) is 9.37. The first-order chi connectivity index (χ1) is 8.05. The quantitative estimate of drug-likeness (QED) is 0.300. The van der Waals surface area contributed by atoms with Crippen LogP contribution >= 0.6 is 11.8 Å². The first-order valence-electron chi connectivity index (χ1n) is 5.74. The molecule has 17 heavy (non-hydrogen) atoms. The summed E-state index contributed by atoms with van der Waals surface area (Å²) in [5.41, 5.74) is -0.185. The van der Waals surface area contributed by atoms with Gasteiger partial charge in [-0.2, -0.15) is 11.8 Å². The summed E-state index contributed by atoms with van der Waals surface area (Å²) in [5, 5.41) is 6.49. The second kappa shape index (κ2) is 9.36. The minimum Gasteiger partial charge on any atom is -0.377 e. The Morgan fingerprint density at radius 2 is 2.18 bits per heavy atom. The van der Waals surface area contributed by atoms with Crippen LogP contribution < -0.4 is 10.6 Å². The highest BCUT2D eigenvalue weighted by atomic mass is 32.2. The Labute approximate surface area is 109 Å². The van der Waals surface area contributed by atoms with Crippen molar-refractivity contribution in [2.24, 2.45) is 4.99 Å². The highest BCUT2D eigenvalue weighted by molar-refractivity contribution is 7.99. The SMILES string of the molecule is C=CCSCCNC(=NC)NCC(C)(C)OC. The maximum Gasteiger partial charge on any atom is 0.191 e. The van der Waals surface area contributed by atoms with E-state index in [1.54, 1.807) is 14.2 Å². The number of nitrogens with zero attached hydrogens (tertiary/aromatic N) is 1. The van der Waals surface area contributed by atoms with E-state index in [0.29, 0.717) is 0 Å². The van der Waals surface area contributed by atoms with Crippen LogP contribution in [-0.4, -0.2) is 50.3 Å². The van der Waals surface area contributed by atoms with Gasteiger partial charge < -0.3 is 15.4 Å². The summed E-state index contributed by atoms with van der Waals surface area (Å²) >= 11 is 1.85. The lowest BCUT2D eigenvalue weighted by atomic mass is 10.1. The standard InChI is InChI=1S/C12H25N3OS/c1-6-8-17-9-7-14-11(13-4)15-10-12(2,3)16-5/h6H,1,7-10H2,2-5H3,(H2,13,14,15). The normalized spacial score (nSPS) is 12.4. The van der Waals surface area contributed by atoms with Crippen molar-refractivity contribution in [2.45, 2.75) is 19.4 Å². The second-order valence-electron chi connectivity index (χ2n) is 4.18. The molecule has 0 amide bonds. The van der Waals surface area contributed by atoms with E-state index in [2.05, 4.69) is 22.2 Å². The Morgan fingerprint density at radius 3 is 2.71 bits per heavy atom. The van der Waals surface area contributed by atoms with Crippen molar-refractivity contribution in [2.75, 3.05) is 38.8 Å². The molecule has 0 bridgehead atoms. The van der Waals surface area contributed by atoms with E-state index in [1.165, 1.54) is 0 Å². The fourth-order valence-corrected chi connectivity index (χ4v) is 1.58. The maximum atomic E-state index is 5.33. The molecule has 100 valence electrons. The van der Waals surface area contributed by atoms with Crippen LogP contribution in [0.2, 0.25) is 0 Å². The van der Waals surface area contributed by atoms with E-state index in [1.807, 2.05) is 31.7 Å². The van der Waals surface area contributed by atoms with Crippen LogP contribution in [0.25, 0.3) is 0 Å². The Bertz CT molecular complexity index is 242. The van der Waals surface area contributed by atoms with Crippen LogP contribution in [0.3, 0.4) is 0 Å². The average Bonchev–Trinajstić information content (AvgIpc) is 2.32. The van der Waals surface area contributed by atoms with Gasteiger partial charge in [0.1, 0.15) is 0 Å². The summed E-state index contributed by atoms with van der Waals surface area (Å²) in [6, 6.07) is 0. The molecule has 2 N–H and O–H groups in total. The zero-order chi connectivity index (χ0) is 13.1. The molecule has 0 saturated carbocycles. The van der Waals surface area contributed by atoms with Gasteiger partial charge in [-0.1, -0.05) is 6.08 Å². The van der Waals surface area contributed by atoms with Crippen molar-refractivity contribution in [3.05, 3.63) is 12.7 Å². The van der Waals surface area contributed by atoms with E-state index in [0.717, 1.165) is 30.6 Å². The lowest BCUT2D eigenvalue weighted by Gasteiger charge is -2.24. The summed E-state index contributed by atoms with van der Waals surface area (Å²) < 4.78 is 5.33. The van der Waals surface area contributed by atoms with Gasteiger partial charge in [0.25, 0.3) is 0 Å². The van der Waals surface area contributed by atoms with E-state index in [4.69, 9.17) is 4.74 Å². The Kier molecular flexibility index (Phi) is 8.99. The van der Waals surface area contributed by atoms with Gasteiger partial charge in [-0.05, 0) is 13.8 Å². The van der Waals surface area contributed by atoms with Gasteiger partial charge in [-0.15, -0.1) is 6.58 Å². The van der Waals surface area contributed by atoms with Gasteiger partial charge in [0, 0.05) is 38.8 Å². The Balaban J connectivity index is 3.75. The van der Waals surface area contributed by atoms with Crippen molar-refractivity contribution in [3.8, 4) is 0 Å². The molecule has 0 aliphatic carbocycles. The Hall–Kier alpha value is -0.680. The molecule has 0 fully saturated rings. The Morgan fingerprint density at radius 1 is 1.47 bits per heavy atom. The molecule has 0 saturated heterocycles. The predicted octanol–water partition coefficient (Wildman–Crippen LogP) is 1.50. The van der Waals surface area contributed by atoms with Gasteiger partial charge in [0.2, 0.25) is 0 Å². The summed E-state index contributed by atoms with van der Waals surface area (Å²) in [4.78, 5) is 4.15. The third-order valence-electron chi connectivity index (χ3n) is 2.23.